The number of piperidine rings is 1. The minimum Gasteiger partial charge on any atom is -0.398 e. The lowest BCUT2D eigenvalue weighted by molar-refractivity contribution is 0.0391. The van der Waals surface area contributed by atoms with Crippen molar-refractivity contribution in [1.29, 1.82) is 0 Å². The van der Waals surface area contributed by atoms with Crippen molar-refractivity contribution >= 4 is 23.2 Å². The van der Waals surface area contributed by atoms with Gasteiger partial charge in [0.05, 0.1) is 10.7 Å². The topological polar surface area (TPSA) is 46.3 Å². The highest BCUT2D eigenvalue weighted by Gasteiger charge is 2.35. The van der Waals surface area contributed by atoms with Gasteiger partial charge in [0.25, 0.3) is 5.91 Å². The number of hydrogen-bond donors (Lipinski definition) is 1. The van der Waals surface area contributed by atoms with Gasteiger partial charge in [-0.15, -0.1) is 0 Å². The first-order chi connectivity index (χ1) is 9.66. The molecule has 1 aromatic rings. The Hall–Kier alpha value is -1.22. The Morgan fingerprint density at radius 3 is 2.75 bits per heavy atom. The first-order valence-corrected chi connectivity index (χ1v) is 7.90. The van der Waals surface area contributed by atoms with E-state index in [1.165, 1.54) is 25.7 Å². The number of benzene rings is 1. The molecule has 3 nitrogen and oxygen atoms in total. The first kappa shape index (κ1) is 13.7. The summed E-state index contributed by atoms with van der Waals surface area (Å²) in [6.07, 6.45) is 7.38. The average molecular weight is 293 g/mol. The van der Waals surface area contributed by atoms with Crippen LogP contribution >= 0.6 is 11.6 Å². The fraction of sp³-hybridized carbons (Fsp3) is 0.562. The molecule has 1 heterocycles. The summed E-state index contributed by atoms with van der Waals surface area (Å²) in [5, 5.41) is 0.466. The van der Waals surface area contributed by atoms with Crippen molar-refractivity contribution < 1.29 is 4.79 Å². The molecule has 2 N–H and O–H groups in total. The molecule has 3 rings (SSSR count). The minimum absolute atomic E-state index is 0.114. The summed E-state index contributed by atoms with van der Waals surface area (Å²) in [6.45, 7) is 0.877. The van der Waals surface area contributed by atoms with E-state index in [4.69, 9.17) is 17.3 Å². The number of likely N-dealkylation sites (tertiary alicyclic amines) is 1. The summed E-state index contributed by atoms with van der Waals surface area (Å²) in [7, 11) is 0. The Labute approximate surface area is 125 Å². The molecule has 1 saturated heterocycles. The molecule has 1 saturated carbocycles. The van der Waals surface area contributed by atoms with Crippen molar-refractivity contribution in [1.82, 2.24) is 4.90 Å². The predicted octanol–water partition coefficient (Wildman–Crippen LogP) is 3.72. The molecule has 1 aromatic carbocycles. The minimum atomic E-state index is 0.114. The number of carbonyl (C=O) groups is 1. The molecule has 0 unspecified atom stereocenters. The molecule has 0 bridgehead atoms. The number of fused-ring (bicyclic) bond motifs is 1. The Bertz CT molecular complexity index is 515. The molecule has 2 atom stereocenters. The lowest BCUT2D eigenvalue weighted by Gasteiger charge is -2.44. The number of hydrogen-bond acceptors (Lipinski definition) is 2. The van der Waals surface area contributed by atoms with E-state index in [0.717, 1.165) is 19.4 Å². The summed E-state index contributed by atoms with van der Waals surface area (Å²) >= 11 is 6.04. The van der Waals surface area contributed by atoms with Crippen LogP contribution in [0.25, 0.3) is 0 Å². The number of anilines is 1. The van der Waals surface area contributed by atoms with Crippen LogP contribution in [0, 0.1) is 5.92 Å². The zero-order valence-corrected chi connectivity index (χ0v) is 12.4. The third kappa shape index (κ3) is 2.51. The van der Waals surface area contributed by atoms with Gasteiger partial charge in [-0.05, 0) is 49.8 Å². The number of nitrogen functional groups attached to an aromatic ring is 1. The number of rotatable bonds is 1. The van der Waals surface area contributed by atoms with Gasteiger partial charge in [-0.25, -0.2) is 0 Å². The van der Waals surface area contributed by atoms with Crippen LogP contribution in [0.1, 0.15) is 48.9 Å². The van der Waals surface area contributed by atoms with E-state index in [9.17, 15) is 4.79 Å². The molecule has 20 heavy (non-hydrogen) atoms. The summed E-state index contributed by atoms with van der Waals surface area (Å²) < 4.78 is 0. The molecular weight excluding hydrogens is 272 g/mol. The molecule has 4 heteroatoms. The molecule has 0 spiro atoms. The molecule has 1 aliphatic carbocycles. The molecule has 0 radical (unpaired) electrons. The largest absolute Gasteiger partial charge is 0.398 e. The van der Waals surface area contributed by atoms with Crippen molar-refractivity contribution in [2.24, 2.45) is 5.92 Å². The first-order valence-electron chi connectivity index (χ1n) is 7.53. The maximum atomic E-state index is 12.7. The van der Waals surface area contributed by atoms with Crippen molar-refractivity contribution in [2.45, 2.75) is 44.6 Å². The Kier molecular flexibility index (Phi) is 3.88. The third-order valence-electron chi connectivity index (χ3n) is 4.75. The van der Waals surface area contributed by atoms with Gasteiger partial charge in [0, 0.05) is 18.2 Å². The molecule has 2 fully saturated rings. The molecule has 1 amide bonds. The van der Waals surface area contributed by atoms with Crippen LogP contribution in [0.2, 0.25) is 5.02 Å². The second kappa shape index (κ2) is 5.65. The zero-order valence-electron chi connectivity index (χ0n) is 11.6. The van der Waals surface area contributed by atoms with Crippen LogP contribution in [-0.4, -0.2) is 23.4 Å². The lowest BCUT2D eigenvalue weighted by Crippen LogP contribution is -2.49. The van der Waals surface area contributed by atoms with Crippen LogP contribution in [-0.2, 0) is 0 Å². The Morgan fingerprint density at radius 2 is 1.95 bits per heavy atom. The maximum Gasteiger partial charge on any atom is 0.254 e. The van der Waals surface area contributed by atoms with Crippen molar-refractivity contribution in [3.8, 4) is 0 Å². The van der Waals surface area contributed by atoms with Crippen molar-refractivity contribution in [3.05, 3.63) is 28.8 Å². The second-order valence-corrected chi connectivity index (χ2v) is 6.40. The predicted molar refractivity (Wildman–Crippen MR) is 81.9 cm³/mol. The summed E-state index contributed by atoms with van der Waals surface area (Å²) in [5.41, 5.74) is 6.90. The van der Waals surface area contributed by atoms with Crippen LogP contribution < -0.4 is 5.73 Å². The monoisotopic (exact) mass is 292 g/mol. The number of amides is 1. The van der Waals surface area contributed by atoms with E-state index in [0.29, 0.717) is 28.2 Å². The van der Waals surface area contributed by atoms with E-state index in [1.54, 1.807) is 18.2 Å². The average Bonchev–Trinajstić information content (AvgIpc) is 2.49. The normalized spacial score (nSPS) is 26.1. The van der Waals surface area contributed by atoms with E-state index in [2.05, 4.69) is 4.90 Å². The highest BCUT2D eigenvalue weighted by atomic mass is 35.5. The molecule has 1 aliphatic heterocycles. The van der Waals surface area contributed by atoms with Crippen LogP contribution in [0.4, 0.5) is 5.69 Å². The lowest BCUT2D eigenvalue weighted by atomic mass is 9.78. The van der Waals surface area contributed by atoms with Crippen molar-refractivity contribution in [3.63, 3.8) is 0 Å². The van der Waals surface area contributed by atoms with Crippen LogP contribution in [0.5, 0.6) is 0 Å². The van der Waals surface area contributed by atoms with Gasteiger partial charge < -0.3 is 10.6 Å². The fourth-order valence-electron chi connectivity index (χ4n) is 3.70. The third-order valence-corrected chi connectivity index (χ3v) is 5.08. The van der Waals surface area contributed by atoms with Gasteiger partial charge in [0.15, 0.2) is 0 Å². The number of nitrogens with two attached hydrogens (primary N) is 1. The van der Waals surface area contributed by atoms with Gasteiger partial charge in [-0.2, -0.15) is 0 Å². The fourth-order valence-corrected chi connectivity index (χ4v) is 3.88. The second-order valence-electron chi connectivity index (χ2n) is 5.99. The van der Waals surface area contributed by atoms with Gasteiger partial charge in [0.2, 0.25) is 0 Å². The smallest absolute Gasteiger partial charge is 0.254 e. The Balaban J connectivity index is 1.83. The van der Waals surface area contributed by atoms with Gasteiger partial charge in [0.1, 0.15) is 0 Å². The van der Waals surface area contributed by atoms with E-state index < -0.39 is 0 Å². The van der Waals surface area contributed by atoms with Gasteiger partial charge in [-0.1, -0.05) is 24.4 Å². The number of nitrogens with zero attached hydrogens (tertiary/aromatic N) is 1. The van der Waals surface area contributed by atoms with E-state index in [-0.39, 0.29) is 5.91 Å². The molecular formula is C16H21ClN2O. The van der Waals surface area contributed by atoms with Gasteiger partial charge >= 0.3 is 0 Å². The number of halogens is 1. The summed E-state index contributed by atoms with van der Waals surface area (Å²) in [5.74, 6) is 0.814. The van der Waals surface area contributed by atoms with E-state index >= 15 is 0 Å². The summed E-state index contributed by atoms with van der Waals surface area (Å²) in [4.78, 5) is 14.8. The Morgan fingerprint density at radius 1 is 1.20 bits per heavy atom. The molecule has 0 aromatic heterocycles. The standard InChI is InChI=1S/C16H21ClN2O/c17-13-10-12(7-8-14(13)18)16(20)19-9-3-5-11-4-1-2-6-15(11)19/h7-8,10-11,15H,1-6,9,18H2/t11-,15-/m1/s1. The van der Waals surface area contributed by atoms with Crippen LogP contribution in [0.3, 0.4) is 0 Å². The molecule has 2 aliphatic rings. The maximum absolute atomic E-state index is 12.7. The highest BCUT2D eigenvalue weighted by molar-refractivity contribution is 6.33. The number of carbonyl (C=O) groups excluding carboxylic acids is 1. The van der Waals surface area contributed by atoms with Crippen molar-refractivity contribution in [2.75, 3.05) is 12.3 Å². The quantitative estimate of drug-likeness (QED) is 0.802. The van der Waals surface area contributed by atoms with E-state index in [1.807, 2.05) is 0 Å². The SMILES string of the molecule is Nc1ccc(C(=O)N2CCC[C@H]3CCCC[C@H]32)cc1Cl. The van der Waals surface area contributed by atoms with Gasteiger partial charge in [-0.3, -0.25) is 4.79 Å². The zero-order chi connectivity index (χ0) is 14.1. The summed E-state index contributed by atoms with van der Waals surface area (Å²) in [6, 6.07) is 5.64. The molecule has 108 valence electrons. The van der Waals surface area contributed by atoms with Crippen LogP contribution in [0.15, 0.2) is 18.2 Å². The highest BCUT2D eigenvalue weighted by Crippen LogP contribution is 2.36.